The number of benzene rings is 1. The fourth-order valence-corrected chi connectivity index (χ4v) is 2.23. The molecule has 0 spiro atoms. The van der Waals surface area contributed by atoms with Gasteiger partial charge in [-0.15, -0.1) is 0 Å². The summed E-state index contributed by atoms with van der Waals surface area (Å²) in [7, 11) is 3.81. The van der Waals surface area contributed by atoms with Crippen LogP contribution in [0, 0.1) is 5.41 Å². The Balaban J connectivity index is 2.51. The second kappa shape index (κ2) is 5.69. The van der Waals surface area contributed by atoms with Gasteiger partial charge in [0.1, 0.15) is 18.2 Å². The Morgan fingerprint density at radius 2 is 2.26 bits per heavy atom. The van der Waals surface area contributed by atoms with Gasteiger partial charge < -0.3 is 15.0 Å². The number of hydrogen-bond donors (Lipinski definition) is 1. The lowest BCUT2D eigenvalue weighted by Crippen LogP contribution is -2.28. The number of likely N-dealkylation sites (N-methyl/N-ethyl adjacent to an activating group) is 1. The zero-order valence-corrected chi connectivity index (χ0v) is 11.6. The van der Waals surface area contributed by atoms with Crippen LogP contribution in [0.1, 0.15) is 18.1 Å². The highest BCUT2D eigenvalue weighted by atomic mass is 16.5. The van der Waals surface area contributed by atoms with Crippen molar-refractivity contribution in [2.45, 2.75) is 6.92 Å². The molecule has 0 aromatic heterocycles. The second-order valence-electron chi connectivity index (χ2n) is 4.42. The van der Waals surface area contributed by atoms with Gasteiger partial charge in [-0.05, 0) is 30.2 Å². The van der Waals surface area contributed by atoms with Crippen molar-refractivity contribution in [2.75, 3.05) is 27.2 Å². The molecule has 0 fully saturated rings. The van der Waals surface area contributed by atoms with Crippen molar-refractivity contribution >= 4 is 17.6 Å². The highest BCUT2D eigenvalue weighted by Gasteiger charge is 2.19. The third kappa shape index (κ3) is 2.52. The summed E-state index contributed by atoms with van der Waals surface area (Å²) in [5, 5.41) is 7.42. The van der Waals surface area contributed by atoms with E-state index in [-0.39, 0.29) is 0 Å². The van der Waals surface area contributed by atoms with Gasteiger partial charge in [0.25, 0.3) is 0 Å². The molecule has 1 aliphatic rings. The average molecular weight is 257 g/mol. The molecule has 19 heavy (non-hydrogen) atoms. The van der Waals surface area contributed by atoms with E-state index in [1.165, 1.54) is 6.21 Å². The summed E-state index contributed by atoms with van der Waals surface area (Å²) >= 11 is 0. The Bertz CT molecular complexity index is 546. The average Bonchev–Trinajstić information content (AvgIpc) is 2.58. The predicted molar refractivity (Wildman–Crippen MR) is 79.5 cm³/mol. The third-order valence-corrected chi connectivity index (χ3v) is 3.28. The standard InChI is InChI=1S/C15H19N3O/c1-4-11(10-16)12-5-6-13-14(9-12)19-8-7-18(3)15(13)17-2/h4-6,9-10,16H,7-8H2,1-3H3/b11-4+,16-10?,17-15?. The second-order valence-corrected chi connectivity index (χ2v) is 4.42. The zero-order chi connectivity index (χ0) is 13.8. The predicted octanol–water partition coefficient (Wildman–Crippen LogP) is 2.44. The molecule has 1 aliphatic heterocycles. The summed E-state index contributed by atoms with van der Waals surface area (Å²) in [6.45, 7) is 3.39. The molecule has 0 bridgehead atoms. The van der Waals surface area contributed by atoms with Gasteiger partial charge in [0.2, 0.25) is 0 Å². The van der Waals surface area contributed by atoms with E-state index in [4.69, 9.17) is 10.1 Å². The molecule has 0 aliphatic carbocycles. The maximum absolute atomic E-state index is 7.42. The maximum atomic E-state index is 7.42. The number of aliphatic imine (C=N–C) groups is 1. The van der Waals surface area contributed by atoms with E-state index < -0.39 is 0 Å². The Morgan fingerprint density at radius 3 is 2.89 bits per heavy atom. The van der Waals surface area contributed by atoms with E-state index in [1.807, 2.05) is 38.2 Å². The molecule has 0 radical (unpaired) electrons. The van der Waals surface area contributed by atoms with E-state index in [9.17, 15) is 0 Å². The van der Waals surface area contributed by atoms with Crippen molar-refractivity contribution < 1.29 is 4.74 Å². The Kier molecular flexibility index (Phi) is 4.00. The van der Waals surface area contributed by atoms with Crippen LogP contribution in [-0.4, -0.2) is 44.2 Å². The first-order valence-electron chi connectivity index (χ1n) is 6.33. The number of nitrogens with one attached hydrogen (secondary N) is 1. The van der Waals surface area contributed by atoms with Crippen molar-refractivity contribution in [2.24, 2.45) is 4.99 Å². The van der Waals surface area contributed by atoms with E-state index in [0.29, 0.717) is 6.61 Å². The largest absolute Gasteiger partial charge is 0.491 e. The summed E-state index contributed by atoms with van der Waals surface area (Å²) in [4.78, 5) is 6.44. The smallest absolute Gasteiger partial charge is 0.134 e. The van der Waals surface area contributed by atoms with Crippen molar-refractivity contribution in [1.82, 2.24) is 4.90 Å². The Hall–Kier alpha value is -2.10. The van der Waals surface area contributed by atoms with Crippen LogP contribution in [0.25, 0.3) is 5.57 Å². The molecule has 0 unspecified atom stereocenters. The minimum absolute atomic E-state index is 0.641. The Labute approximate surface area is 113 Å². The first-order valence-corrected chi connectivity index (χ1v) is 6.33. The van der Waals surface area contributed by atoms with Gasteiger partial charge in [0.15, 0.2) is 0 Å². The molecule has 100 valence electrons. The first kappa shape index (κ1) is 13.3. The summed E-state index contributed by atoms with van der Waals surface area (Å²) in [6.07, 6.45) is 3.28. The van der Waals surface area contributed by atoms with E-state index in [2.05, 4.69) is 9.89 Å². The molecule has 0 saturated carbocycles. The van der Waals surface area contributed by atoms with Gasteiger partial charge >= 0.3 is 0 Å². The van der Waals surface area contributed by atoms with Gasteiger partial charge in [0, 0.05) is 20.3 Å². The zero-order valence-electron chi connectivity index (χ0n) is 11.6. The van der Waals surface area contributed by atoms with Gasteiger partial charge in [-0.1, -0.05) is 12.1 Å². The molecule has 4 nitrogen and oxygen atoms in total. The van der Waals surface area contributed by atoms with E-state index >= 15 is 0 Å². The van der Waals surface area contributed by atoms with Crippen molar-refractivity contribution in [3.05, 3.63) is 35.4 Å². The van der Waals surface area contributed by atoms with Crippen LogP contribution in [0.2, 0.25) is 0 Å². The van der Waals surface area contributed by atoms with Gasteiger partial charge in [-0.2, -0.15) is 0 Å². The fourth-order valence-electron chi connectivity index (χ4n) is 2.23. The number of amidine groups is 1. The molecule has 4 heteroatoms. The lowest BCUT2D eigenvalue weighted by atomic mass is 10.0. The summed E-state index contributed by atoms with van der Waals surface area (Å²) < 4.78 is 5.81. The lowest BCUT2D eigenvalue weighted by Gasteiger charge is -2.17. The highest BCUT2D eigenvalue weighted by Crippen LogP contribution is 2.27. The SMILES string of the molecule is C/C=C(\C=N)c1ccc2c(c1)OCCN(C)C2=NC. The molecular weight excluding hydrogens is 238 g/mol. The topological polar surface area (TPSA) is 48.7 Å². The van der Waals surface area contributed by atoms with Crippen LogP contribution in [0.15, 0.2) is 29.3 Å². The monoisotopic (exact) mass is 257 g/mol. The molecule has 1 heterocycles. The van der Waals surface area contributed by atoms with Crippen molar-refractivity contribution in [1.29, 1.82) is 5.41 Å². The minimum Gasteiger partial charge on any atom is -0.491 e. The van der Waals surface area contributed by atoms with Crippen LogP contribution in [0.3, 0.4) is 0 Å². The Morgan fingerprint density at radius 1 is 1.47 bits per heavy atom. The molecule has 1 N–H and O–H groups in total. The van der Waals surface area contributed by atoms with Crippen LogP contribution in [-0.2, 0) is 0 Å². The molecule has 0 amide bonds. The first-order chi connectivity index (χ1) is 9.21. The number of hydrogen-bond acceptors (Lipinski definition) is 3. The summed E-state index contributed by atoms with van der Waals surface area (Å²) in [6, 6.07) is 6.01. The quantitative estimate of drug-likeness (QED) is 0.827. The molecule has 1 aromatic carbocycles. The number of ether oxygens (including phenoxy) is 1. The van der Waals surface area contributed by atoms with Gasteiger partial charge in [-0.25, -0.2) is 0 Å². The normalized spacial score (nSPS) is 17.7. The number of nitrogens with zero attached hydrogens (tertiary/aromatic N) is 2. The van der Waals surface area contributed by atoms with E-state index in [0.717, 1.165) is 34.8 Å². The minimum atomic E-state index is 0.641. The summed E-state index contributed by atoms with van der Waals surface area (Å²) in [5.74, 6) is 1.78. The molecular formula is C15H19N3O. The lowest BCUT2D eigenvalue weighted by molar-refractivity contribution is 0.294. The molecule has 0 atom stereocenters. The highest BCUT2D eigenvalue weighted by molar-refractivity contribution is 6.09. The summed E-state index contributed by atoms with van der Waals surface area (Å²) in [5.41, 5.74) is 2.89. The molecule has 2 rings (SSSR count). The number of allylic oxidation sites excluding steroid dienone is 2. The van der Waals surface area contributed by atoms with Crippen molar-refractivity contribution in [3.8, 4) is 5.75 Å². The third-order valence-electron chi connectivity index (χ3n) is 3.28. The maximum Gasteiger partial charge on any atom is 0.134 e. The van der Waals surface area contributed by atoms with Crippen molar-refractivity contribution in [3.63, 3.8) is 0 Å². The van der Waals surface area contributed by atoms with Crippen LogP contribution < -0.4 is 4.74 Å². The van der Waals surface area contributed by atoms with Crippen LogP contribution in [0.4, 0.5) is 0 Å². The van der Waals surface area contributed by atoms with Gasteiger partial charge in [0.05, 0.1) is 12.1 Å². The number of rotatable bonds is 2. The fraction of sp³-hybridized carbons (Fsp3) is 0.333. The van der Waals surface area contributed by atoms with Crippen LogP contribution in [0.5, 0.6) is 5.75 Å². The van der Waals surface area contributed by atoms with Crippen LogP contribution >= 0.6 is 0 Å². The molecule has 1 aromatic rings. The molecule has 0 saturated heterocycles. The number of fused-ring (bicyclic) bond motifs is 1. The van der Waals surface area contributed by atoms with E-state index in [1.54, 1.807) is 7.05 Å². The van der Waals surface area contributed by atoms with Gasteiger partial charge in [-0.3, -0.25) is 4.99 Å².